The van der Waals surface area contributed by atoms with E-state index in [-0.39, 0.29) is 18.5 Å². The van der Waals surface area contributed by atoms with Crippen molar-refractivity contribution in [2.75, 3.05) is 6.61 Å². The minimum Gasteiger partial charge on any atom is -0.480 e. The molecule has 1 aromatic carbocycles. The smallest absolute Gasteiger partial charge is 0.323 e. The van der Waals surface area contributed by atoms with Crippen LogP contribution in [0.5, 0.6) is 0 Å². The van der Waals surface area contributed by atoms with Gasteiger partial charge in [-0.15, -0.1) is 0 Å². The van der Waals surface area contributed by atoms with Crippen molar-refractivity contribution in [1.29, 1.82) is 0 Å². The first-order chi connectivity index (χ1) is 10.0. The summed E-state index contributed by atoms with van der Waals surface area (Å²) in [4.78, 5) is 23.2. The Balaban J connectivity index is 2.13. The van der Waals surface area contributed by atoms with Crippen LogP contribution in [0.25, 0.3) is 0 Å². The van der Waals surface area contributed by atoms with Crippen molar-refractivity contribution >= 4 is 11.9 Å². The molecule has 5 nitrogen and oxygen atoms in total. The van der Waals surface area contributed by atoms with Crippen molar-refractivity contribution in [3.63, 3.8) is 0 Å². The highest BCUT2D eigenvalue weighted by Crippen LogP contribution is 2.29. The van der Waals surface area contributed by atoms with E-state index in [1.807, 2.05) is 12.1 Å². The van der Waals surface area contributed by atoms with E-state index in [1.165, 1.54) is 18.1 Å². The van der Waals surface area contributed by atoms with Gasteiger partial charge in [0.25, 0.3) is 0 Å². The molecule has 0 aromatic heterocycles. The fraction of sp³-hybridized carbons (Fsp3) is 0.500. The number of aliphatic carboxylic acids is 1. The van der Waals surface area contributed by atoms with Gasteiger partial charge in [0.15, 0.2) is 0 Å². The van der Waals surface area contributed by atoms with Gasteiger partial charge in [-0.2, -0.15) is 0 Å². The number of carbonyl (C=O) groups is 2. The third-order valence-corrected chi connectivity index (χ3v) is 3.89. The van der Waals surface area contributed by atoms with Crippen LogP contribution in [0.2, 0.25) is 0 Å². The van der Waals surface area contributed by atoms with Crippen molar-refractivity contribution in [2.45, 2.75) is 38.8 Å². The number of benzene rings is 1. The van der Waals surface area contributed by atoms with Gasteiger partial charge in [0.1, 0.15) is 12.1 Å². The first-order valence-corrected chi connectivity index (χ1v) is 7.25. The molecule has 1 aliphatic carbocycles. The molecule has 0 radical (unpaired) electrons. The number of hydrogen-bond donors (Lipinski definition) is 2. The standard InChI is InChI=1S/C16H21NO4/c1-3-21-16(20)14(17-10(2)15(18)19)13-8-11-6-4-5-7-12(11)9-13/h4-7,10,13-14,17H,3,8-9H2,1-2H3,(H,18,19). The van der Waals surface area contributed by atoms with Crippen molar-refractivity contribution in [3.05, 3.63) is 35.4 Å². The van der Waals surface area contributed by atoms with E-state index >= 15 is 0 Å². The summed E-state index contributed by atoms with van der Waals surface area (Å²) < 4.78 is 5.10. The fourth-order valence-corrected chi connectivity index (χ4v) is 2.80. The largest absolute Gasteiger partial charge is 0.480 e. The number of rotatable bonds is 6. The predicted molar refractivity (Wildman–Crippen MR) is 78.0 cm³/mol. The molecule has 5 heteroatoms. The molecule has 0 amide bonds. The zero-order chi connectivity index (χ0) is 15.4. The normalized spacial score (nSPS) is 17.0. The summed E-state index contributed by atoms with van der Waals surface area (Å²) in [6, 6.07) is 6.68. The van der Waals surface area contributed by atoms with Crippen LogP contribution < -0.4 is 5.32 Å². The maximum atomic E-state index is 12.2. The molecule has 0 heterocycles. The zero-order valence-electron chi connectivity index (χ0n) is 12.3. The average molecular weight is 291 g/mol. The van der Waals surface area contributed by atoms with Gasteiger partial charge < -0.3 is 9.84 Å². The third kappa shape index (κ3) is 3.61. The molecule has 21 heavy (non-hydrogen) atoms. The Labute approximate surface area is 124 Å². The lowest BCUT2D eigenvalue weighted by Crippen LogP contribution is -2.50. The quantitative estimate of drug-likeness (QED) is 0.775. The number of carbonyl (C=O) groups excluding carboxylic acids is 1. The number of nitrogens with one attached hydrogen (secondary N) is 1. The van der Waals surface area contributed by atoms with Crippen LogP contribution in [-0.2, 0) is 27.2 Å². The van der Waals surface area contributed by atoms with Crippen molar-refractivity contribution in [1.82, 2.24) is 5.32 Å². The maximum absolute atomic E-state index is 12.2. The summed E-state index contributed by atoms with van der Waals surface area (Å²) in [6.07, 6.45) is 1.53. The van der Waals surface area contributed by atoms with Crippen LogP contribution in [0.3, 0.4) is 0 Å². The van der Waals surface area contributed by atoms with Crippen LogP contribution >= 0.6 is 0 Å². The van der Waals surface area contributed by atoms with Gasteiger partial charge in [0.05, 0.1) is 6.61 Å². The summed E-state index contributed by atoms with van der Waals surface area (Å²) in [7, 11) is 0. The Morgan fingerprint density at radius 3 is 2.38 bits per heavy atom. The lowest BCUT2D eigenvalue weighted by molar-refractivity contribution is -0.148. The van der Waals surface area contributed by atoms with Gasteiger partial charge in [0.2, 0.25) is 0 Å². The molecular weight excluding hydrogens is 270 g/mol. The summed E-state index contributed by atoms with van der Waals surface area (Å²) in [5.41, 5.74) is 2.45. The van der Waals surface area contributed by atoms with Gasteiger partial charge in [-0.1, -0.05) is 24.3 Å². The minimum atomic E-state index is -0.972. The summed E-state index contributed by atoms with van der Waals surface area (Å²) >= 11 is 0. The highest BCUT2D eigenvalue weighted by molar-refractivity contribution is 5.79. The number of carboxylic acids is 1. The van der Waals surface area contributed by atoms with E-state index in [0.29, 0.717) is 0 Å². The van der Waals surface area contributed by atoms with E-state index in [1.54, 1.807) is 6.92 Å². The topological polar surface area (TPSA) is 75.6 Å². The van der Waals surface area contributed by atoms with E-state index in [0.717, 1.165) is 12.8 Å². The van der Waals surface area contributed by atoms with E-state index < -0.39 is 18.1 Å². The second-order valence-electron chi connectivity index (χ2n) is 5.39. The highest BCUT2D eigenvalue weighted by Gasteiger charge is 2.35. The second kappa shape index (κ2) is 6.72. The molecule has 0 spiro atoms. The van der Waals surface area contributed by atoms with Gasteiger partial charge in [-0.25, -0.2) is 0 Å². The Morgan fingerprint density at radius 2 is 1.90 bits per heavy atom. The minimum absolute atomic E-state index is 0.0308. The molecule has 0 saturated heterocycles. The first-order valence-electron chi connectivity index (χ1n) is 7.25. The Morgan fingerprint density at radius 1 is 1.33 bits per heavy atom. The molecular formula is C16H21NO4. The summed E-state index contributed by atoms with van der Waals surface area (Å²) in [6.45, 7) is 3.58. The number of ether oxygens (including phenoxy) is 1. The molecule has 114 valence electrons. The predicted octanol–water partition coefficient (Wildman–Crippen LogP) is 1.40. The van der Waals surface area contributed by atoms with Crippen LogP contribution in [0.4, 0.5) is 0 Å². The first kappa shape index (κ1) is 15.5. The Hall–Kier alpha value is -1.88. The second-order valence-corrected chi connectivity index (χ2v) is 5.39. The van der Waals surface area contributed by atoms with E-state index in [9.17, 15) is 9.59 Å². The lowest BCUT2D eigenvalue weighted by Gasteiger charge is -2.24. The van der Waals surface area contributed by atoms with E-state index in [2.05, 4.69) is 17.4 Å². The molecule has 2 N–H and O–H groups in total. The monoisotopic (exact) mass is 291 g/mol. The van der Waals surface area contributed by atoms with Crippen molar-refractivity contribution in [3.8, 4) is 0 Å². The molecule has 1 aromatic rings. The van der Waals surface area contributed by atoms with Gasteiger partial charge in [-0.3, -0.25) is 14.9 Å². The maximum Gasteiger partial charge on any atom is 0.323 e. The number of carboxylic acid groups (broad SMARTS) is 1. The molecule has 0 bridgehead atoms. The highest BCUT2D eigenvalue weighted by atomic mass is 16.5. The molecule has 2 atom stereocenters. The summed E-state index contributed by atoms with van der Waals surface area (Å²) in [5, 5.41) is 11.9. The molecule has 0 fully saturated rings. The number of fused-ring (bicyclic) bond motifs is 1. The Bertz CT molecular complexity index is 504. The van der Waals surface area contributed by atoms with Crippen LogP contribution in [0, 0.1) is 5.92 Å². The number of esters is 1. The SMILES string of the molecule is CCOC(=O)C(NC(C)C(=O)O)C1Cc2ccccc2C1. The lowest BCUT2D eigenvalue weighted by atomic mass is 9.95. The van der Waals surface area contributed by atoms with Crippen LogP contribution in [-0.4, -0.2) is 35.7 Å². The molecule has 1 aliphatic rings. The van der Waals surface area contributed by atoms with Gasteiger partial charge in [0, 0.05) is 0 Å². The van der Waals surface area contributed by atoms with Crippen LogP contribution in [0.15, 0.2) is 24.3 Å². The van der Waals surface area contributed by atoms with Crippen molar-refractivity contribution < 1.29 is 19.4 Å². The van der Waals surface area contributed by atoms with Gasteiger partial charge >= 0.3 is 11.9 Å². The van der Waals surface area contributed by atoms with Crippen molar-refractivity contribution in [2.24, 2.45) is 5.92 Å². The summed E-state index contributed by atoms with van der Waals surface area (Å²) in [5.74, 6) is -1.31. The molecule has 2 rings (SSSR count). The Kier molecular flexibility index (Phi) is 4.96. The molecule has 0 aliphatic heterocycles. The molecule has 0 saturated carbocycles. The fourth-order valence-electron chi connectivity index (χ4n) is 2.80. The average Bonchev–Trinajstić information content (AvgIpc) is 2.87. The van der Waals surface area contributed by atoms with Crippen LogP contribution in [0.1, 0.15) is 25.0 Å². The van der Waals surface area contributed by atoms with E-state index in [4.69, 9.17) is 9.84 Å². The third-order valence-electron chi connectivity index (χ3n) is 3.89. The number of hydrogen-bond acceptors (Lipinski definition) is 4. The van der Waals surface area contributed by atoms with Gasteiger partial charge in [-0.05, 0) is 43.7 Å². The zero-order valence-corrected chi connectivity index (χ0v) is 12.3. The molecule has 2 unspecified atom stereocenters.